The molecule has 0 aliphatic carbocycles. The molecule has 1 N–H and O–H groups in total. The van der Waals surface area contributed by atoms with Gasteiger partial charge in [0.2, 0.25) is 5.91 Å². The molecule has 0 aromatic heterocycles. The van der Waals surface area contributed by atoms with E-state index in [1.165, 1.54) is 0 Å². The zero-order chi connectivity index (χ0) is 16.8. The van der Waals surface area contributed by atoms with Gasteiger partial charge in [0.25, 0.3) is 0 Å². The third-order valence-corrected chi connectivity index (χ3v) is 4.25. The number of hydrogen-bond acceptors (Lipinski definition) is 4. The number of carbonyl (C=O) groups is 1. The number of likely N-dealkylation sites (tertiary alicyclic amines) is 1. The number of amides is 1. The SMILES string of the molecule is Cc1cc(C)cc(N(CCC#N)C(=O)CN2CCC(CO)C2)c1. The highest BCUT2D eigenvalue weighted by Crippen LogP contribution is 2.21. The first-order valence-corrected chi connectivity index (χ1v) is 8.12. The van der Waals surface area contributed by atoms with E-state index in [0.29, 0.717) is 19.5 Å². The second-order valence-corrected chi connectivity index (χ2v) is 6.37. The third kappa shape index (κ3) is 4.78. The van der Waals surface area contributed by atoms with Gasteiger partial charge in [-0.05, 0) is 56.0 Å². The van der Waals surface area contributed by atoms with Crippen molar-refractivity contribution in [3.63, 3.8) is 0 Å². The summed E-state index contributed by atoms with van der Waals surface area (Å²) >= 11 is 0. The fourth-order valence-electron chi connectivity index (χ4n) is 3.15. The average Bonchev–Trinajstić information content (AvgIpc) is 2.94. The van der Waals surface area contributed by atoms with Crippen LogP contribution >= 0.6 is 0 Å². The van der Waals surface area contributed by atoms with Gasteiger partial charge in [-0.15, -0.1) is 0 Å². The van der Waals surface area contributed by atoms with Gasteiger partial charge < -0.3 is 10.0 Å². The Kier molecular flexibility index (Phi) is 6.14. The van der Waals surface area contributed by atoms with Gasteiger partial charge in [-0.1, -0.05) is 6.07 Å². The minimum atomic E-state index is 0.0174. The van der Waals surface area contributed by atoms with Crippen LogP contribution in [-0.4, -0.2) is 48.7 Å². The molecule has 5 heteroatoms. The van der Waals surface area contributed by atoms with Gasteiger partial charge in [0, 0.05) is 25.4 Å². The van der Waals surface area contributed by atoms with Gasteiger partial charge in [-0.2, -0.15) is 5.26 Å². The molecular formula is C18H25N3O2. The van der Waals surface area contributed by atoms with Crippen molar-refractivity contribution in [2.75, 3.05) is 37.7 Å². The fraction of sp³-hybridized carbons (Fsp3) is 0.556. The van der Waals surface area contributed by atoms with Crippen LogP contribution in [0.1, 0.15) is 24.0 Å². The van der Waals surface area contributed by atoms with Crippen molar-refractivity contribution in [3.05, 3.63) is 29.3 Å². The summed E-state index contributed by atoms with van der Waals surface area (Å²) in [6.07, 6.45) is 1.25. The number of anilines is 1. The molecule has 1 amide bonds. The number of nitrogens with zero attached hydrogens (tertiary/aromatic N) is 3. The second-order valence-electron chi connectivity index (χ2n) is 6.37. The van der Waals surface area contributed by atoms with Crippen LogP contribution in [0.2, 0.25) is 0 Å². The molecule has 0 radical (unpaired) electrons. The predicted molar refractivity (Wildman–Crippen MR) is 90.1 cm³/mol. The largest absolute Gasteiger partial charge is 0.396 e. The van der Waals surface area contributed by atoms with E-state index < -0.39 is 0 Å². The number of benzene rings is 1. The molecule has 0 spiro atoms. The lowest BCUT2D eigenvalue weighted by atomic mass is 10.1. The van der Waals surface area contributed by atoms with Crippen LogP contribution in [-0.2, 0) is 4.79 Å². The normalized spacial score (nSPS) is 17.9. The van der Waals surface area contributed by atoms with E-state index in [9.17, 15) is 9.90 Å². The number of aliphatic hydroxyl groups excluding tert-OH is 1. The summed E-state index contributed by atoms with van der Waals surface area (Å²) in [5.41, 5.74) is 3.08. The van der Waals surface area contributed by atoms with E-state index in [1.54, 1.807) is 4.90 Å². The average molecular weight is 315 g/mol. The molecule has 1 fully saturated rings. The van der Waals surface area contributed by atoms with Gasteiger partial charge in [0.05, 0.1) is 19.0 Å². The van der Waals surface area contributed by atoms with Crippen LogP contribution in [0.5, 0.6) is 0 Å². The van der Waals surface area contributed by atoms with E-state index >= 15 is 0 Å². The zero-order valence-electron chi connectivity index (χ0n) is 14.0. The summed E-state index contributed by atoms with van der Waals surface area (Å²) in [6, 6.07) is 8.17. The molecule has 1 heterocycles. The van der Waals surface area contributed by atoms with E-state index in [0.717, 1.165) is 36.3 Å². The summed E-state index contributed by atoms with van der Waals surface area (Å²) in [5, 5.41) is 18.1. The fourth-order valence-corrected chi connectivity index (χ4v) is 3.15. The molecule has 1 aromatic rings. The first-order chi connectivity index (χ1) is 11.0. The minimum Gasteiger partial charge on any atom is -0.396 e. The molecule has 2 rings (SSSR count). The van der Waals surface area contributed by atoms with Crippen LogP contribution in [0.3, 0.4) is 0 Å². The molecule has 1 aliphatic heterocycles. The predicted octanol–water partition coefficient (Wildman–Crippen LogP) is 1.86. The Morgan fingerprint density at radius 2 is 2.09 bits per heavy atom. The molecule has 0 saturated carbocycles. The molecule has 5 nitrogen and oxygen atoms in total. The van der Waals surface area contributed by atoms with Crippen LogP contribution in [0, 0.1) is 31.1 Å². The molecule has 1 unspecified atom stereocenters. The Hall–Kier alpha value is -1.90. The van der Waals surface area contributed by atoms with Crippen molar-refractivity contribution in [2.24, 2.45) is 5.92 Å². The molecular weight excluding hydrogens is 290 g/mol. The molecule has 1 atom stereocenters. The van der Waals surface area contributed by atoms with Gasteiger partial charge in [0.15, 0.2) is 0 Å². The second kappa shape index (κ2) is 8.09. The number of rotatable bonds is 6. The highest BCUT2D eigenvalue weighted by molar-refractivity contribution is 5.95. The first kappa shape index (κ1) is 17.5. The Balaban J connectivity index is 2.11. The number of hydrogen-bond donors (Lipinski definition) is 1. The maximum atomic E-state index is 12.7. The first-order valence-electron chi connectivity index (χ1n) is 8.12. The van der Waals surface area contributed by atoms with Gasteiger partial charge >= 0.3 is 0 Å². The van der Waals surface area contributed by atoms with E-state index in [2.05, 4.69) is 17.0 Å². The highest BCUT2D eigenvalue weighted by atomic mass is 16.3. The van der Waals surface area contributed by atoms with Crippen molar-refractivity contribution in [1.82, 2.24) is 4.90 Å². The van der Waals surface area contributed by atoms with Crippen LogP contribution in [0.4, 0.5) is 5.69 Å². The highest BCUT2D eigenvalue weighted by Gasteiger charge is 2.25. The summed E-state index contributed by atoms with van der Waals surface area (Å²) in [6.45, 7) is 6.56. The number of aryl methyl sites for hydroxylation is 2. The maximum absolute atomic E-state index is 12.7. The summed E-state index contributed by atoms with van der Waals surface area (Å²) < 4.78 is 0. The monoisotopic (exact) mass is 315 g/mol. The molecule has 0 bridgehead atoms. The lowest BCUT2D eigenvalue weighted by Crippen LogP contribution is -2.40. The van der Waals surface area contributed by atoms with Crippen LogP contribution in [0.15, 0.2) is 18.2 Å². The zero-order valence-corrected chi connectivity index (χ0v) is 14.0. The Morgan fingerprint density at radius 3 is 2.65 bits per heavy atom. The molecule has 23 heavy (non-hydrogen) atoms. The van der Waals surface area contributed by atoms with Crippen LogP contribution in [0.25, 0.3) is 0 Å². The molecule has 1 aliphatic rings. The van der Waals surface area contributed by atoms with Crippen molar-refractivity contribution >= 4 is 11.6 Å². The Labute approximate surface area is 138 Å². The van der Waals surface area contributed by atoms with Gasteiger partial charge in [-0.3, -0.25) is 9.69 Å². The third-order valence-electron chi connectivity index (χ3n) is 4.25. The van der Waals surface area contributed by atoms with Crippen molar-refractivity contribution < 1.29 is 9.90 Å². The Morgan fingerprint density at radius 1 is 1.39 bits per heavy atom. The molecule has 124 valence electrons. The number of aliphatic hydroxyl groups is 1. The lowest BCUT2D eigenvalue weighted by Gasteiger charge is -2.25. The van der Waals surface area contributed by atoms with E-state index in [4.69, 9.17) is 5.26 Å². The van der Waals surface area contributed by atoms with E-state index in [1.807, 2.05) is 26.0 Å². The Bertz CT molecular complexity index is 574. The van der Waals surface area contributed by atoms with Crippen molar-refractivity contribution in [2.45, 2.75) is 26.7 Å². The lowest BCUT2D eigenvalue weighted by molar-refractivity contribution is -0.119. The van der Waals surface area contributed by atoms with Crippen molar-refractivity contribution in [1.29, 1.82) is 5.26 Å². The van der Waals surface area contributed by atoms with Crippen molar-refractivity contribution in [3.8, 4) is 6.07 Å². The number of nitriles is 1. The molecule has 1 saturated heterocycles. The maximum Gasteiger partial charge on any atom is 0.241 e. The number of carbonyl (C=O) groups excluding carboxylic acids is 1. The summed E-state index contributed by atoms with van der Waals surface area (Å²) in [5.74, 6) is 0.292. The topological polar surface area (TPSA) is 67.6 Å². The van der Waals surface area contributed by atoms with E-state index in [-0.39, 0.29) is 18.4 Å². The van der Waals surface area contributed by atoms with Gasteiger partial charge in [-0.25, -0.2) is 0 Å². The molecule has 1 aromatic carbocycles. The summed E-state index contributed by atoms with van der Waals surface area (Å²) in [4.78, 5) is 16.5. The minimum absolute atomic E-state index is 0.0174. The smallest absolute Gasteiger partial charge is 0.241 e. The van der Waals surface area contributed by atoms with Crippen LogP contribution < -0.4 is 4.90 Å². The summed E-state index contributed by atoms with van der Waals surface area (Å²) in [7, 11) is 0. The van der Waals surface area contributed by atoms with Gasteiger partial charge in [0.1, 0.15) is 0 Å². The quantitative estimate of drug-likeness (QED) is 0.870. The standard InChI is InChI=1S/C18H25N3O2/c1-14-8-15(2)10-17(9-14)21(6-3-5-19)18(23)12-20-7-4-16(11-20)13-22/h8-10,16,22H,3-4,6-7,11-13H2,1-2H3.